The zero-order valence-corrected chi connectivity index (χ0v) is 14.9. The summed E-state index contributed by atoms with van der Waals surface area (Å²) in [5.74, 6) is -0.626. The summed E-state index contributed by atoms with van der Waals surface area (Å²) in [6, 6.07) is 12.6. The molecule has 0 unspecified atom stereocenters. The lowest BCUT2D eigenvalue weighted by atomic mass is 10.1. The lowest BCUT2D eigenvalue weighted by Crippen LogP contribution is -2.35. The van der Waals surface area contributed by atoms with Crippen molar-refractivity contribution in [2.45, 2.75) is 18.6 Å². The van der Waals surface area contributed by atoms with Gasteiger partial charge in [-0.05, 0) is 23.8 Å². The average Bonchev–Trinajstić information content (AvgIpc) is 3.11. The van der Waals surface area contributed by atoms with Gasteiger partial charge in [-0.25, -0.2) is 4.68 Å². The van der Waals surface area contributed by atoms with Gasteiger partial charge < -0.3 is 10.6 Å². The van der Waals surface area contributed by atoms with Crippen LogP contribution in [-0.4, -0.2) is 21.6 Å². The molecule has 0 saturated heterocycles. The van der Waals surface area contributed by atoms with Crippen LogP contribution >= 0.6 is 0 Å². The molecule has 2 aromatic carbocycles. The van der Waals surface area contributed by atoms with Gasteiger partial charge in [-0.2, -0.15) is 18.3 Å². The van der Waals surface area contributed by atoms with Crippen LogP contribution in [-0.2, 0) is 15.8 Å². The number of carbonyl (C=O) groups excluding carboxylic acids is 2. The van der Waals surface area contributed by atoms with E-state index in [0.29, 0.717) is 11.4 Å². The van der Waals surface area contributed by atoms with E-state index in [-0.39, 0.29) is 18.0 Å². The van der Waals surface area contributed by atoms with Crippen LogP contribution in [0.4, 0.5) is 24.7 Å². The number of fused-ring (bicyclic) bond motifs is 1. The van der Waals surface area contributed by atoms with Crippen molar-refractivity contribution in [1.82, 2.24) is 9.78 Å². The number of aromatic nitrogens is 2. The van der Waals surface area contributed by atoms with E-state index in [9.17, 15) is 22.8 Å². The molecule has 2 N–H and O–H groups in total. The number of rotatable bonds is 3. The quantitative estimate of drug-likeness (QED) is 0.695. The molecule has 0 bridgehead atoms. The first-order valence-corrected chi connectivity index (χ1v) is 8.74. The Morgan fingerprint density at radius 2 is 1.90 bits per heavy atom. The second kappa shape index (κ2) is 7.08. The van der Waals surface area contributed by atoms with Crippen molar-refractivity contribution >= 4 is 23.3 Å². The predicted molar refractivity (Wildman–Crippen MR) is 100 cm³/mol. The molecule has 29 heavy (non-hydrogen) atoms. The van der Waals surface area contributed by atoms with Gasteiger partial charge in [0.25, 0.3) is 0 Å². The van der Waals surface area contributed by atoms with Gasteiger partial charge in [0.1, 0.15) is 11.9 Å². The molecule has 0 aliphatic carbocycles. The summed E-state index contributed by atoms with van der Waals surface area (Å²) in [7, 11) is 0. The zero-order valence-electron chi connectivity index (χ0n) is 14.9. The smallest absolute Gasteiger partial charge is 0.324 e. The number of benzene rings is 2. The van der Waals surface area contributed by atoms with E-state index in [2.05, 4.69) is 15.7 Å². The highest BCUT2D eigenvalue weighted by molar-refractivity contribution is 6.03. The van der Waals surface area contributed by atoms with Gasteiger partial charge in [-0.3, -0.25) is 9.59 Å². The minimum Gasteiger partial charge on any atom is -0.324 e. The van der Waals surface area contributed by atoms with E-state index in [1.54, 1.807) is 6.20 Å². The average molecular weight is 400 g/mol. The molecule has 1 aliphatic heterocycles. The fourth-order valence-electron chi connectivity index (χ4n) is 3.20. The minimum atomic E-state index is -4.52. The van der Waals surface area contributed by atoms with Crippen LogP contribution in [0, 0.1) is 0 Å². The standard InChI is InChI=1S/C20H15F3N4O2/c21-20(22,23)13-7-4-8-14(9-13)25-19(29)16-10-17(28)26-18-15(11-24-27(16)18)12-5-2-1-3-6-12/h1-9,11,16H,10H2,(H,25,29)(H,26,28)/t16-/m0/s1. The summed E-state index contributed by atoms with van der Waals surface area (Å²) in [6.45, 7) is 0. The van der Waals surface area contributed by atoms with Gasteiger partial charge >= 0.3 is 6.18 Å². The van der Waals surface area contributed by atoms with Crippen LogP contribution in [0.1, 0.15) is 18.0 Å². The van der Waals surface area contributed by atoms with Gasteiger partial charge in [0.05, 0.1) is 18.2 Å². The molecule has 0 saturated carbocycles. The maximum Gasteiger partial charge on any atom is 0.416 e. The van der Waals surface area contributed by atoms with Crippen LogP contribution in [0.15, 0.2) is 60.8 Å². The molecule has 9 heteroatoms. The van der Waals surface area contributed by atoms with Crippen molar-refractivity contribution in [2.75, 3.05) is 10.6 Å². The SMILES string of the molecule is O=C1C[C@@H](C(=O)Nc2cccc(C(F)(F)F)c2)n2ncc(-c3ccccc3)c2N1. The summed E-state index contributed by atoms with van der Waals surface area (Å²) >= 11 is 0. The van der Waals surface area contributed by atoms with E-state index in [4.69, 9.17) is 0 Å². The molecule has 148 valence electrons. The molecule has 1 atom stereocenters. The minimum absolute atomic E-state index is 0.00667. The number of carbonyl (C=O) groups is 2. The van der Waals surface area contributed by atoms with E-state index in [0.717, 1.165) is 17.7 Å². The Morgan fingerprint density at radius 1 is 1.14 bits per heavy atom. The van der Waals surface area contributed by atoms with Crippen LogP contribution in [0.3, 0.4) is 0 Å². The third kappa shape index (κ3) is 3.71. The molecule has 1 aromatic heterocycles. The van der Waals surface area contributed by atoms with E-state index >= 15 is 0 Å². The van der Waals surface area contributed by atoms with Crippen molar-refractivity contribution in [3.05, 3.63) is 66.4 Å². The van der Waals surface area contributed by atoms with Crippen LogP contribution in [0.25, 0.3) is 11.1 Å². The van der Waals surface area contributed by atoms with Gasteiger partial charge in [-0.15, -0.1) is 0 Å². The highest BCUT2D eigenvalue weighted by Gasteiger charge is 2.34. The van der Waals surface area contributed by atoms with Crippen LogP contribution in [0.2, 0.25) is 0 Å². The first-order valence-electron chi connectivity index (χ1n) is 8.74. The third-order valence-electron chi connectivity index (χ3n) is 4.57. The largest absolute Gasteiger partial charge is 0.416 e. The molecular weight excluding hydrogens is 385 g/mol. The lowest BCUT2D eigenvalue weighted by molar-refractivity contribution is -0.137. The first-order chi connectivity index (χ1) is 13.8. The van der Waals surface area contributed by atoms with Crippen molar-refractivity contribution in [2.24, 2.45) is 0 Å². The fraction of sp³-hybridized carbons (Fsp3) is 0.150. The Balaban J connectivity index is 1.63. The summed E-state index contributed by atoms with van der Waals surface area (Å²) in [5, 5.41) is 9.40. The number of nitrogens with zero attached hydrogens (tertiary/aromatic N) is 2. The van der Waals surface area contributed by atoms with E-state index in [1.807, 2.05) is 30.3 Å². The molecule has 4 rings (SSSR count). The highest BCUT2D eigenvalue weighted by atomic mass is 19.4. The summed E-state index contributed by atoms with van der Waals surface area (Å²) in [6.07, 6.45) is -3.15. The molecule has 3 aromatic rings. The molecule has 6 nitrogen and oxygen atoms in total. The predicted octanol–water partition coefficient (Wildman–Crippen LogP) is 4.09. The Morgan fingerprint density at radius 3 is 2.62 bits per heavy atom. The number of amides is 2. The monoisotopic (exact) mass is 400 g/mol. The summed E-state index contributed by atoms with van der Waals surface area (Å²) in [5.41, 5.74) is 0.583. The second-order valence-corrected chi connectivity index (χ2v) is 6.55. The molecule has 2 amide bonds. The number of anilines is 2. The van der Waals surface area contributed by atoms with Crippen molar-refractivity contribution in [3.8, 4) is 11.1 Å². The normalized spacial score (nSPS) is 16.1. The van der Waals surface area contributed by atoms with E-state index < -0.39 is 23.7 Å². The molecule has 0 fully saturated rings. The second-order valence-electron chi connectivity index (χ2n) is 6.55. The zero-order chi connectivity index (χ0) is 20.6. The topological polar surface area (TPSA) is 76.0 Å². The number of hydrogen-bond acceptors (Lipinski definition) is 3. The number of hydrogen-bond donors (Lipinski definition) is 2. The van der Waals surface area contributed by atoms with Gasteiger partial charge in [0.2, 0.25) is 11.8 Å². The van der Waals surface area contributed by atoms with Gasteiger partial charge in [-0.1, -0.05) is 36.4 Å². The van der Waals surface area contributed by atoms with Gasteiger partial charge in [0, 0.05) is 11.3 Å². The maximum absolute atomic E-state index is 12.9. The summed E-state index contributed by atoms with van der Waals surface area (Å²) < 4.78 is 40.1. The lowest BCUT2D eigenvalue weighted by Gasteiger charge is -2.24. The first kappa shape index (κ1) is 18.7. The molecular formula is C20H15F3N4O2. The molecule has 0 spiro atoms. The Kier molecular flexibility index (Phi) is 4.57. The van der Waals surface area contributed by atoms with Crippen molar-refractivity contribution < 1.29 is 22.8 Å². The van der Waals surface area contributed by atoms with Crippen LogP contribution < -0.4 is 10.6 Å². The van der Waals surface area contributed by atoms with E-state index in [1.165, 1.54) is 16.8 Å². The maximum atomic E-state index is 12.9. The van der Waals surface area contributed by atoms with Crippen LogP contribution in [0.5, 0.6) is 0 Å². The third-order valence-corrected chi connectivity index (χ3v) is 4.57. The number of alkyl halides is 3. The van der Waals surface area contributed by atoms with Crippen molar-refractivity contribution in [3.63, 3.8) is 0 Å². The van der Waals surface area contributed by atoms with Gasteiger partial charge in [0.15, 0.2) is 0 Å². The Labute approximate surface area is 163 Å². The highest BCUT2D eigenvalue weighted by Crippen LogP contribution is 2.35. The summed E-state index contributed by atoms with van der Waals surface area (Å²) in [4.78, 5) is 24.9. The Bertz CT molecular complexity index is 1080. The fourth-order valence-corrected chi connectivity index (χ4v) is 3.20. The Hall–Kier alpha value is -3.62. The molecule has 1 aliphatic rings. The molecule has 2 heterocycles. The molecule has 0 radical (unpaired) electrons. The van der Waals surface area contributed by atoms with Crippen molar-refractivity contribution in [1.29, 1.82) is 0 Å². The number of nitrogens with one attached hydrogen (secondary N) is 2. The number of halogens is 3.